The van der Waals surface area contributed by atoms with Crippen LogP contribution in [0.5, 0.6) is 5.75 Å². The Morgan fingerprint density at radius 2 is 1.73 bits per heavy atom. The van der Waals surface area contributed by atoms with Crippen LogP contribution >= 0.6 is 15.9 Å². The molecule has 0 amide bonds. The third-order valence-electron chi connectivity index (χ3n) is 3.72. The van der Waals surface area contributed by atoms with Crippen molar-refractivity contribution in [2.75, 3.05) is 0 Å². The Morgan fingerprint density at radius 3 is 2.50 bits per heavy atom. The number of aliphatic imine (C=N–C) groups is 1. The summed E-state index contributed by atoms with van der Waals surface area (Å²) >= 11 is 3.39. The van der Waals surface area contributed by atoms with E-state index in [0.717, 1.165) is 10.0 Å². The lowest BCUT2D eigenvalue weighted by atomic mass is 10.1. The normalized spacial score (nSPS) is 11.3. The van der Waals surface area contributed by atoms with Gasteiger partial charge in [-0.15, -0.1) is 0 Å². The van der Waals surface area contributed by atoms with Crippen LogP contribution in [0.3, 0.4) is 0 Å². The van der Waals surface area contributed by atoms with Crippen molar-refractivity contribution in [3.05, 3.63) is 100 Å². The van der Waals surface area contributed by atoms with Crippen molar-refractivity contribution in [3.63, 3.8) is 0 Å². The van der Waals surface area contributed by atoms with E-state index in [2.05, 4.69) is 20.9 Å². The molecular formula is C22H16BrNO2. The number of carbonyl (C=O) groups is 1. The maximum absolute atomic E-state index is 12.4. The SMILES string of the molecule is O=C(/C=C/c1ccc(Br)cc1)c1cccc(N=Cc2ccccc2O)c1. The van der Waals surface area contributed by atoms with Crippen molar-refractivity contribution >= 4 is 39.7 Å². The molecule has 3 nitrogen and oxygen atoms in total. The summed E-state index contributed by atoms with van der Waals surface area (Å²) in [5.74, 6) is 0.0773. The van der Waals surface area contributed by atoms with Gasteiger partial charge in [0.15, 0.2) is 5.78 Å². The summed E-state index contributed by atoms with van der Waals surface area (Å²) in [7, 11) is 0. The van der Waals surface area contributed by atoms with E-state index in [1.54, 1.807) is 54.8 Å². The van der Waals surface area contributed by atoms with Crippen molar-refractivity contribution in [1.29, 1.82) is 0 Å². The second kappa shape index (κ2) is 8.41. The first-order chi connectivity index (χ1) is 12.6. The highest BCUT2D eigenvalue weighted by Gasteiger charge is 2.03. The molecule has 0 aromatic heterocycles. The molecule has 0 fully saturated rings. The second-order valence-corrected chi connectivity index (χ2v) is 6.53. The number of rotatable bonds is 5. The number of aromatic hydroxyl groups is 1. The van der Waals surface area contributed by atoms with Gasteiger partial charge in [0.1, 0.15) is 5.75 Å². The first kappa shape index (κ1) is 17.8. The van der Waals surface area contributed by atoms with Crippen LogP contribution in [-0.2, 0) is 0 Å². The zero-order valence-corrected chi connectivity index (χ0v) is 15.4. The maximum atomic E-state index is 12.4. The summed E-state index contributed by atoms with van der Waals surface area (Å²) < 4.78 is 0.996. The summed E-state index contributed by atoms with van der Waals surface area (Å²) in [5.41, 5.74) is 2.79. The van der Waals surface area contributed by atoms with Crippen LogP contribution < -0.4 is 0 Å². The highest BCUT2D eigenvalue weighted by Crippen LogP contribution is 2.18. The van der Waals surface area contributed by atoms with Gasteiger partial charge in [0.25, 0.3) is 0 Å². The van der Waals surface area contributed by atoms with Crippen LogP contribution in [-0.4, -0.2) is 17.1 Å². The van der Waals surface area contributed by atoms with E-state index in [0.29, 0.717) is 16.8 Å². The number of benzene rings is 3. The van der Waals surface area contributed by atoms with Gasteiger partial charge in [-0.3, -0.25) is 9.79 Å². The molecule has 0 bridgehead atoms. The van der Waals surface area contributed by atoms with Crippen LogP contribution in [0, 0.1) is 0 Å². The summed E-state index contributed by atoms with van der Waals surface area (Å²) in [5, 5.41) is 9.77. The van der Waals surface area contributed by atoms with Gasteiger partial charge >= 0.3 is 0 Å². The lowest BCUT2D eigenvalue weighted by Crippen LogP contribution is -1.93. The second-order valence-electron chi connectivity index (χ2n) is 5.62. The number of hydrogen-bond acceptors (Lipinski definition) is 3. The van der Waals surface area contributed by atoms with Crippen LogP contribution in [0.2, 0.25) is 0 Å². The molecule has 0 saturated carbocycles. The van der Waals surface area contributed by atoms with Gasteiger partial charge in [0.05, 0.1) is 5.69 Å². The van der Waals surface area contributed by atoms with Crippen LogP contribution in [0.15, 0.2) is 88.3 Å². The van der Waals surface area contributed by atoms with Gasteiger partial charge in [-0.05, 0) is 48.0 Å². The average molecular weight is 406 g/mol. The van der Waals surface area contributed by atoms with Gasteiger partial charge in [-0.2, -0.15) is 0 Å². The molecule has 4 heteroatoms. The molecule has 1 N–H and O–H groups in total. The van der Waals surface area contributed by atoms with Crippen molar-refractivity contribution in [2.45, 2.75) is 0 Å². The van der Waals surface area contributed by atoms with Crippen molar-refractivity contribution < 1.29 is 9.90 Å². The Bertz CT molecular complexity index is 975. The predicted molar refractivity (Wildman–Crippen MR) is 109 cm³/mol. The number of allylic oxidation sites excluding steroid dienone is 1. The number of hydrogen-bond donors (Lipinski definition) is 1. The topological polar surface area (TPSA) is 49.7 Å². The highest BCUT2D eigenvalue weighted by molar-refractivity contribution is 9.10. The van der Waals surface area contributed by atoms with Crippen molar-refractivity contribution in [1.82, 2.24) is 0 Å². The molecule has 0 saturated heterocycles. The summed E-state index contributed by atoms with van der Waals surface area (Å²) in [6.07, 6.45) is 4.92. The molecular weight excluding hydrogens is 390 g/mol. The standard InChI is InChI=1S/C22H16BrNO2/c23-19-11-8-16(9-12-19)10-13-22(26)17-5-3-6-20(14-17)24-15-18-4-1-2-7-21(18)25/h1-15,25H/b13-10+,24-15?. The number of phenolic OH excluding ortho intramolecular Hbond substituents is 1. The molecule has 0 unspecified atom stereocenters. The Hall–Kier alpha value is -2.98. The average Bonchev–Trinajstić information content (AvgIpc) is 2.67. The zero-order valence-electron chi connectivity index (χ0n) is 13.8. The van der Waals surface area contributed by atoms with Crippen molar-refractivity contribution in [2.24, 2.45) is 4.99 Å². The minimum Gasteiger partial charge on any atom is -0.507 e. The lowest BCUT2D eigenvalue weighted by molar-refractivity contribution is 0.104. The van der Waals surface area contributed by atoms with Gasteiger partial charge < -0.3 is 5.11 Å². The molecule has 0 heterocycles. The molecule has 0 atom stereocenters. The minimum absolute atomic E-state index is 0.0903. The van der Waals surface area contributed by atoms with E-state index in [1.165, 1.54) is 0 Å². The van der Waals surface area contributed by atoms with E-state index in [4.69, 9.17) is 0 Å². The molecule has 0 spiro atoms. The molecule has 0 radical (unpaired) electrons. The van der Waals surface area contributed by atoms with E-state index < -0.39 is 0 Å². The molecule has 0 aliphatic rings. The van der Waals surface area contributed by atoms with Gasteiger partial charge in [0, 0.05) is 21.8 Å². The minimum atomic E-state index is -0.0903. The molecule has 3 aromatic rings. The summed E-state index contributed by atoms with van der Waals surface area (Å²) in [6.45, 7) is 0. The quantitative estimate of drug-likeness (QED) is 0.331. The fraction of sp³-hybridized carbons (Fsp3) is 0. The Balaban J connectivity index is 1.75. The summed E-state index contributed by atoms with van der Waals surface area (Å²) in [6, 6.07) is 21.8. The number of phenols is 1. The number of carbonyl (C=O) groups excluding carboxylic acids is 1. The lowest BCUT2D eigenvalue weighted by Gasteiger charge is -2.00. The third kappa shape index (κ3) is 4.77. The van der Waals surface area contributed by atoms with E-state index in [-0.39, 0.29) is 11.5 Å². The van der Waals surface area contributed by atoms with Crippen molar-refractivity contribution in [3.8, 4) is 5.75 Å². The maximum Gasteiger partial charge on any atom is 0.185 e. The predicted octanol–water partition coefficient (Wildman–Crippen LogP) is 5.80. The number of ketones is 1. The molecule has 0 aliphatic carbocycles. The molecule has 26 heavy (non-hydrogen) atoms. The smallest absolute Gasteiger partial charge is 0.185 e. The van der Waals surface area contributed by atoms with Crippen LogP contribution in [0.1, 0.15) is 21.5 Å². The van der Waals surface area contributed by atoms with Gasteiger partial charge in [-0.1, -0.05) is 58.4 Å². The Labute approximate surface area is 160 Å². The Morgan fingerprint density at radius 1 is 0.962 bits per heavy atom. The fourth-order valence-electron chi connectivity index (χ4n) is 2.32. The van der Waals surface area contributed by atoms with E-state index >= 15 is 0 Å². The molecule has 3 aromatic carbocycles. The highest BCUT2D eigenvalue weighted by atomic mass is 79.9. The fourth-order valence-corrected chi connectivity index (χ4v) is 2.59. The third-order valence-corrected chi connectivity index (χ3v) is 4.25. The molecule has 0 aliphatic heterocycles. The van der Waals surface area contributed by atoms with Gasteiger partial charge in [-0.25, -0.2) is 0 Å². The van der Waals surface area contributed by atoms with Gasteiger partial charge in [0.2, 0.25) is 0 Å². The van der Waals surface area contributed by atoms with Crippen LogP contribution in [0.4, 0.5) is 5.69 Å². The largest absolute Gasteiger partial charge is 0.507 e. The Kier molecular flexibility index (Phi) is 5.77. The first-order valence-corrected chi connectivity index (χ1v) is 8.81. The van der Waals surface area contributed by atoms with E-state index in [9.17, 15) is 9.90 Å². The first-order valence-electron chi connectivity index (χ1n) is 8.02. The van der Waals surface area contributed by atoms with E-state index in [1.807, 2.05) is 36.4 Å². The number of nitrogens with zero attached hydrogens (tertiary/aromatic N) is 1. The number of halogens is 1. The van der Waals surface area contributed by atoms with Crippen LogP contribution in [0.25, 0.3) is 6.08 Å². The molecule has 3 rings (SSSR count). The number of para-hydroxylation sites is 1. The monoisotopic (exact) mass is 405 g/mol. The molecule has 128 valence electrons. The summed E-state index contributed by atoms with van der Waals surface area (Å²) in [4.78, 5) is 16.7. The zero-order chi connectivity index (χ0) is 18.4.